The molecule has 2 amide bonds. The number of amides is 2. The molecule has 0 saturated heterocycles. The van der Waals surface area contributed by atoms with Gasteiger partial charge in [0, 0.05) is 23.9 Å². The van der Waals surface area contributed by atoms with Gasteiger partial charge in [-0.05, 0) is 12.1 Å². The van der Waals surface area contributed by atoms with E-state index < -0.39 is 11.8 Å². The third kappa shape index (κ3) is 1.36. The van der Waals surface area contributed by atoms with Crippen LogP contribution in [0, 0.1) is 0 Å². The number of hydrogen-bond donors (Lipinski definition) is 1. The zero-order valence-electron chi connectivity index (χ0n) is 6.52. The van der Waals surface area contributed by atoms with Crippen LogP contribution in [0.4, 0.5) is 0 Å². The van der Waals surface area contributed by atoms with Crippen molar-refractivity contribution in [1.29, 1.82) is 0 Å². The van der Waals surface area contributed by atoms with Crippen molar-refractivity contribution >= 4 is 35.7 Å². The molecular weight excluding hydrogens is 277 g/mol. The van der Waals surface area contributed by atoms with E-state index in [2.05, 4.69) is 0 Å². The van der Waals surface area contributed by atoms with E-state index in [1.54, 1.807) is 12.1 Å². The van der Waals surface area contributed by atoms with Crippen molar-refractivity contribution in [3.8, 4) is 0 Å². The number of fused-ring (bicyclic) bond motifs is 1. The molecule has 0 fully saturated rings. The maximum atomic E-state index is 11.1. The van der Waals surface area contributed by atoms with Gasteiger partial charge < -0.3 is 0 Å². The molecular formula is C8H5NO3Sn. The fourth-order valence-electron chi connectivity index (χ4n) is 1.18. The summed E-state index contributed by atoms with van der Waals surface area (Å²) in [6.07, 6.45) is 0. The van der Waals surface area contributed by atoms with E-state index >= 15 is 0 Å². The quantitative estimate of drug-likeness (QED) is 0.423. The second-order valence-electron chi connectivity index (χ2n) is 2.47. The molecule has 4 nitrogen and oxygen atoms in total. The standard InChI is InChI=1S/C8H5NO3.Sn/c10-7-5-3-1-2-4-6(5)8(11)9(7)12;/h1-4,12H;. The van der Waals surface area contributed by atoms with E-state index in [1.807, 2.05) is 0 Å². The molecule has 0 spiro atoms. The van der Waals surface area contributed by atoms with Crippen molar-refractivity contribution in [3.05, 3.63) is 35.4 Å². The van der Waals surface area contributed by atoms with Crippen LogP contribution in [-0.4, -0.2) is 46.0 Å². The number of hydrogen-bond acceptors (Lipinski definition) is 3. The minimum Gasteiger partial charge on any atom is -0.278 e. The predicted molar refractivity (Wildman–Crippen MR) is 44.5 cm³/mol. The summed E-state index contributed by atoms with van der Waals surface area (Å²) in [5.74, 6) is -1.31. The van der Waals surface area contributed by atoms with Gasteiger partial charge in [0.2, 0.25) is 0 Å². The van der Waals surface area contributed by atoms with Crippen molar-refractivity contribution in [2.75, 3.05) is 0 Å². The Balaban J connectivity index is 0.000000845. The third-order valence-electron chi connectivity index (χ3n) is 1.77. The summed E-state index contributed by atoms with van der Waals surface area (Å²) in [4.78, 5) is 22.1. The maximum Gasteiger partial charge on any atom is 0.285 e. The summed E-state index contributed by atoms with van der Waals surface area (Å²) in [5.41, 5.74) is 0.509. The molecule has 1 aliphatic heterocycles. The number of rotatable bonds is 0. The first-order valence-electron chi connectivity index (χ1n) is 3.38. The molecule has 1 heterocycles. The molecule has 2 rings (SSSR count). The van der Waals surface area contributed by atoms with E-state index in [0.29, 0.717) is 0 Å². The molecule has 4 radical (unpaired) electrons. The molecule has 1 aromatic carbocycles. The van der Waals surface area contributed by atoms with Crippen molar-refractivity contribution < 1.29 is 14.8 Å². The predicted octanol–water partition coefficient (Wildman–Crippen LogP) is 0.291. The fraction of sp³-hybridized carbons (Fsp3) is 0. The van der Waals surface area contributed by atoms with Gasteiger partial charge in [-0.15, -0.1) is 5.06 Å². The average molecular weight is 282 g/mol. The fourth-order valence-corrected chi connectivity index (χ4v) is 1.18. The van der Waals surface area contributed by atoms with Gasteiger partial charge in [0.15, 0.2) is 0 Å². The largest absolute Gasteiger partial charge is 0.285 e. The summed E-state index contributed by atoms with van der Waals surface area (Å²) in [6.45, 7) is 0. The van der Waals surface area contributed by atoms with E-state index in [1.165, 1.54) is 12.1 Å². The van der Waals surface area contributed by atoms with E-state index in [-0.39, 0.29) is 40.1 Å². The second kappa shape index (κ2) is 3.47. The number of carbonyl (C=O) groups excluding carboxylic acids is 2. The van der Waals surface area contributed by atoms with Gasteiger partial charge in [-0.1, -0.05) is 12.1 Å². The first kappa shape index (κ1) is 10.2. The molecule has 0 aliphatic carbocycles. The summed E-state index contributed by atoms with van der Waals surface area (Å²) >= 11 is 0. The molecule has 0 unspecified atom stereocenters. The van der Waals surface area contributed by atoms with Gasteiger partial charge in [-0.3, -0.25) is 14.8 Å². The number of benzene rings is 1. The normalized spacial score (nSPS) is 14.1. The maximum absolute atomic E-state index is 11.1. The zero-order chi connectivity index (χ0) is 8.72. The van der Waals surface area contributed by atoms with Gasteiger partial charge in [-0.25, -0.2) is 0 Å². The Bertz CT molecular complexity index is 342. The molecule has 0 aromatic heterocycles. The van der Waals surface area contributed by atoms with Crippen LogP contribution in [0.25, 0.3) is 0 Å². The molecule has 64 valence electrons. The Hall–Kier alpha value is -0.881. The molecule has 0 atom stereocenters. The Morgan fingerprint density at radius 3 is 1.77 bits per heavy atom. The third-order valence-corrected chi connectivity index (χ3v) is 1.77. The molecule has 1 N–H and O–H groups in total. The van der Waals surface area contributed by atoms with Crippen molar-refractivity contribution in [1.82, 2.24) is 5.06 Å². The van der Waals surface area contributed by atoms with Gasteiger partial charge in [0.1, 0.15) is 0 Å². The summed E-state index contributed by atoms with van der Waals surface area (Å²) in [5, 5.41) is 9.05. The molecule has 1 aliphatic rings. The number of carbonyl (C=O) groups is 2. The SMILES string of the molecule is O=C1c2ccccc2C(=O)N1O.[Sn]. The van der Waals surface area contributed by atoms with Crippen LogP contribution >= 0.6 is 0 Å². The molecule has 13 heavy (non-hydrogen) atoms. The van der Waals surface area contributed by atoms with Crippen LogP contribution in [0.5, 0.6) is 0 Å². The molecule has 0 saturated carbocycles. The van der Waals surface area contributed by atoms with E-state index in [9.17, 15) is 9.59 Å². The van der Waals surface area contributed by atoms with Crippen molar-refractivity contribution in [3.63, 3.8) is 0 Å². The van der Waals surface area contributed by atoms with Gasteiger partial charge in [0.05, 0.1) is 11.1 Å². The molecule has 0 bridgehead atoms. The van der Waals surface area contributed by atoms with E-state index in [4.69, 9.17) is 5.21 Å². The second-order valence-corrected chi connectivity index (χ2v) is 2.47. The Kier molecular flexibility index (Phi) is 2.72. The summed E-state index contributed by atoms with van der Waals surface area (Å²) < 4.78 is 0. The van der Waals surface area contributed by atoms with Gasteiger partial charge >= 0.3 is 0 Å². The van der Waals surface area contributed by atoms with Crippen molar-refractivity contribution in [2.45, 2.75) is 0 Å². The van der Waals surface area contributed by atoms with E-state index in [0.717, 1.165) is 0 Å². The van der Waals surface area contributed by atoms with Crippen LogP contribution in [0.3, 0.4) is 0 Å². The number of nitrogens with zero attached hydrogens (tertiary/aromatic N) is 1. The monoisotopic (exact) mass is 283 g/mol. The Morgan fingerprint density at radius 2 is 1.38 bits per heavy atom. The Labute approximate surface area is 91.1 Å². The van der Waals surface area contributed by atoms with Crippen LogP contribution in [0.2, 0.25) is 0 Å². The first-order valence-corrected chi connectivity index (χ1v) is 3.38. The van der Waals surface area contributed by atoms with Crippen LogP contribution in [0.1, 0.15) is 20.7 Å². The summed E-state index contributed by atoms with van der Waals surface area (Å²) in [7, 11) is 0. The van der Waals surface area contributed by atoms with Crippen LogP contribution in [-0.2, 0) is 0 Å². The topological polar surface area (TPSA) is 57.6 Å². The zero-order valence-corrected chi connectivity index (χ0v) is 9.37. The molecule has 5 heteroatoms. The first-order chi connectivity index (χ1) is 5.72. The summed E-state index contributed by atoms with van der Waals surface area (Å²) in [6, 6.07) is 6.30. The Morgan fingerprint density at radius 1 is 1.00 bits per heavy atom. The minimum absolute atomic E-state index is 0. The van der Waals surface area contributed by atoms with Gasteiger partial charge in [-0.2, -0.15) is 0 Å². The minimum atomic E-state index is -0.657. The number of hydroxylamine groups is 2. The van der Waals surface area contributed by atoms with Crippen LogP contribution < -0.4 is 0 Å². The average Bonchev–Trinajstić information content (AvgIpc) is 2.33. The van der Waals surface area contributed by atoms with Gasteiger partial charge in [0.25, 0.3) is 11.8 Å². The van der Waals surface area contributed by atoms with Crippen LogP contribution in [0.15, 0.2) is 24.3 Å². The van der Waals surface area contributed by atoms with Crippen molar-refractivity contribution in [2.24, 2.45) is 0 Å². The smallest absolute Gasteiger partial charge is 0.278 e. The molecule has 1 aromatic rings. The number of imide groups is 1.